The van der Waals surface area contributed by atoms with Gasteiger partial charge in [-0.15, -0.1) is 0 Å². The van der Waals surface area contributed by atoms with E-state index in [2.05, 4.69) is 0 Å². The third kappa shape index (κ3) is 12.9. The maximum atomic E-state index is 10.2. The minimum absolute atomic E-state index is 0.212. The fraction of sp³-hybridized carbons (Fsp3) is 0.222. The monoisotopic (exact) mass is 292 g/mol. The first kappa shape index (κ1) is 14.9. The second kappa shape index (κ2) is 7.24. The van der Waals surface area contributed by atoms with Crippen LogP contribution >= 0.6 is 0 Å². The molecular weight excluding hydrogens is 279 g/mol. The molecule has 0 aliphatic rings. The molecule has 0 aliphatic carbocycles. The number of benzene rings is 1. The molecule has 0 spiro atoms. The van der Waals surface area contributed by atoms with E-state index >= 15 is 0 Å². The zero-order valence-corrected chi connectivity index (χ0v) is 10.2. The SMILES string of the molecule is O=C(O)CCc1ccccc1.O=[As](O)(O)O. The van der Waals surface area contributed by atoms with Gasteiger partial charge in [0.25, 0.3) is 0 Å². The van der Waals surface area contributed by atoms with Gasteiger partial charge in [0.05, 0.1) is 0 Å². The van der Waals surface area contributed by atoms with Crippen LogP contribution in [-0.4, -0.2) is 37.9 Å². The minimum atomic E-state index is -5.12. The van der Waals surface area contributed by atoms with Crippen LogP contribution < -0.4 is 0 Å². The molecule has 0 aliphatic heterocycles. The Balaban J connectivity index is 0.000000385. The molecule has 7 heteroatoms. The quantitative estimate of drug-likeness (QED) is 0.560. The van der Waals surface area contributed by atoms with Crippen LogP contribution in [0.5, 0.6) is 0 Å². The van der Waals surface area contributed by atoms with Crippen LogP contribution in [0.3, 0.4) is 0 Å². The number of rotatable bonds is 3. The van der Waals surface area contributed by atoms with Gasteiger partial charge in [-0.25, -0.2) is 0 Å². The summed E-state index contributed by atoms with van der Waals surface area (Å²) in [4.78, 5) is 10.2. The molecular formula is C9H13AsO6. The summed E-state index contributed by atoms with van der Waals surface area (Å²) in [7, 11) is 0. The fourth-order valence-corrected chi connectivity index (χ4v) is 0.896. The van der Waals surface area contributed by atoms with E-state index in [1.54, 1.807) is 0 Å². The van der Waals surface area contributed by atoms with Crippen molar-refractivity contribution in [3.8, 4) is 0 Å². The van der Waals surface area contributed by atoms with Crippen molar-refractivity contribution < 1.29 is 25.9 Å². The second-order valence-electron chi connectivity index (χ2n) is 2.89. The first-order chi connectivity index (χ1) is 7.29. The van der Waals surface area contributed by atoms with Crippen molar-refractivity contribution in [2.24, 2.45) is 0 Å². The van der Waals surface area contributed by atoms with Crippen LogP contribution in [0.1, 0.15) is 12.0 Å². The van der Waals surface area contributed by atoms with Gasteiger partial charge in [0.1, 0.15) is 0 Å². The van der Waals surface area contributed by atoms with Crippen LogP contribution in [0.2, 0.25) is 0 Å². The molecule has 0 heterocycles. The third-order valence-corrected chi connectivity index (χ3v) is 1.47. The summed E-state index contributed by atoms with van der Waals surface area (Å²) >= 11 is -5.12. The number of carbonyl (C=O) groups is 1. The van der Waals surface area contributed by atoms with E-state index in [-0.39, 0.29) is 6.42 Å². The number of aryl methyl sites for hydroxylation is 1. The van der Waals surface area contributed by atoms with E-state index in [0.29, 0.717) is 6.42 Å². The summed E-state index contributed by atoms with van der Waals surface area (Å²) in [6.45, 7) is 0. The zero-order chi connectivity index (χ0) is 12.6. The van der Waals surface area contributed by atoms with Crippen molar-refractivity contribution in [2.45, 2.75) is 12.8 Å². The molecule has 0 atom stereocenters. The molecule has 16 heavy (non-hydrogen) atoms. The summed E-state index contributed by atoms with van der Waals surface area (Å²) in [5, 5.41) is 8.37. The van der Waals surface area contributed by atoms with Crippen molar-refractivity contribution in [1.29, 1.82) is 0 Å². The van der Waals surface area contributed by atoms with Gasteiger partial charge in [0, 0.05) is 6.42 Å². The second-order valence-corrected chi connectivity index (χ2v) is 5.05. The summed E-state index contributed by atoms with van der Waals surface area (Å²) in [6.07, 6.45) is 0.834. The molecule has 0 amide bonds. The molecule has 0 fully saturated rings. The molecule has 0 bridgehead atoms. The van der Waals surface area contributed by atoms with Crippen LogP contribution in [0.4, 0.5) is 0 Å². The first-order valence-electron chi connectivity index (χ1n) is 4.33. The van der Waals surface area contributed by atoms with E-state index in [1.807, 2.05) is 30.3 Å². The average Bonchev–Trinajstić information content (AvgIpc) is 2.14. The Morgan fingerprint density at radius 2 is 1.56 bits per heavy atom. The number of carboxylic acid groups (broad SMARTS) is 1. The predicted molar refractivity (Wildman–Crippen MR) is 55.5 cm³/mol. The molecule has 6 nitrogen and oxygen atoms in total. The molecule has 1 rings (SSSR count). The maximum absolute atomic E-state index is 10.2. The molecule has 0 saturated heterocycles. The Morgan fingerprint density at radius 3 is 1.94 bits per heavy atom. The molecule has 1 aromatic carbocycles. The van der Waals surface area contributed by atoms with Gasteiger partial charge in [0.2, 0.25) is 0 Å². The standard InChI is InChI=1S/C9H10O2.AsH3O4/c10-9(11)7-6-8-4-2-1-3-5-8;2-1(3,4)5/h1-5H,6-7H2,(H,10,11);(H3,2,3,4,5). The van der Waals surface area contributed by atoms with E-state index in [9.17, 15) is 4.79 Å². The predicted octanol–water partition coefficient (Wildman–Crippen LogP) is -0.467. The van der Waals surface area contributed by atoms with Gasteiger partial charge >= 0.3 is 36.5 Å². The summed E-state index contributed by atoms with van der Waals surface area (Å²) in [5.41, 5.74) is 1.08. The van der Waals surface area contributed by atoms with Crippen molar-refractivity contribution in [2.75, 3.05) is 0 Å². The van der Waals surface area contributed by atoms with Gasteiger partial charge < -0.3 is 5.11 Å². The van der Waals surface area contributed by atoms with E-state index in [0.717, 1.165) is 5.56 Å². The first-order valence-corrected chi connectivity index (χ1v) is 7.61. The third-order valence-electron chi connectivity index (χ3n) is 1.47. The fourth-order valence-electron chi connectivity index (χ4n) is 0.896. The summed E-state index contributed by atoms with van der Waals surface area (Å²) in [6, 6.07) is 9.62. The molecule has 0 unspecified atom stereocenters. The van der Waals surface area contributed by atoms with Gasteiger partial charge in [-0.1, -0.05) is 30.3 Å². The van der Waals surface area contributed by atoms with Gasteiger partial charge in [0.15, 0.2) is 0 Å². The van der Waals surface area contributed by atoms with Crippen molar-refractivity contribution in [3.05, 3.63) is 35.9 Å². The van der Waals surface area contributed by atoms with Gasteiger partial charge in [-0.3, -0.25) is 4.79 Å². The molecule has 0 radical (unpaired) electrons. The normalized spacial score (nSPS) is 10.2. The number of aliphatic carboxylic acids is 1. The van der Waals surface area contributed by atoms with Crippen LogP contribution in [0.15, 0.2) is 30.3 Å². The van der Waals surface area contributed by atoms with Crippen molar-refractivity contribution >= 4 is 20.5 Å². The number of hydrogen-bond acceptors (Lipinski definition) is 2. The Kier molecular flexibility index (Phi) is 6.76. The van der Waals surface area contributed by atoms with Crippen LogP contribution in [0, 0.1) is 0 Å². The summed E-state index contributed by atoms with van der Waals surface area (Å²) in [5.74, 6) is -0.742. The topological polar surface area (TPSA) is 115 Å². The molecule has 4 N–H and O–H groups in total. The molecule has 1 aromatic rings. The molecule has 0 aromatic heterocycles. The number of carboxylic acids is 1. The Morgan fingerprint density at radius 1 is 1.12 bits per heavy atom. The molecule has 0 saturated carbocycles. The van der Waals surface area contributed by atoms with Crippen LogP contribution in [-0.2, 0) is 15.0 Å². The summed E-state index contributed by atoms with van der Waals surface area (Å²) < 4.78 is 30.7. The van der Waals surface area contributed by atoms with Crippen LogP contribution in [0.25, 0.3) is 0 Å². The average molecular weight is 292 g/mol. The van der Waals surface area contributed by atoms with E-state index in [4.69, 9.17) is 21.1 Å². The van der Waals surface area contributed by atoms with Crippen molar-refractivity contribution in [3.63, 3.8) is 0 Å². The Hall–Kier alpha value is -1.07. The van der Waals surface area contributed by atoms with E-state index in [1.165, 1.54) is 0 Å². The zero-order valence-electron chi connectivity index (χ0n) is 8.35. The van der Waals surface area contributed by atoms with Gasteiger partial charge in [-0.2, -0.15) is 0 Å². The van der Waals surface area contributed by atoms with Crippen molar-refractivity contribution in [1.82, 2.24) is 0 Å². The molecule has 90 valence electrons. The number of hydrogen-bond donors (Lipinski definition) is 4. The van der Waals surface area contributed by atoms with Gasteiger partial charge in [-0.05, 0) is 12.0 Å². The van der Waals surface area contributed by atoms with E-state index < -0.39 is 20.5 Å². The Bertz CT molecular complexity index is 349. The Labute approximate surface area is 95.5 Å².